The summed E-state index contributed by atoms with van der Waals surface area (Å²) in [6, 6.07) is 1.65. The van der Waals surface area contributed by atoms with Gasteiger partial charge in [-0.05, 0) is 47.7 Å². The molecule has 1 N–H and O–H groups in total. The second-order valence-electron chi connectivity index (χ2n) is 4.39. The van der Waals surface area contributed by atoms with Crippen LogP contribution in [-0.4, -0.2) is 28.2 Å². The van der Waals surface area contributed by atoms with Crippen molar-refractivity contribution in [3.8, 4) is 0 Å². The first kappa shape index (κ1) is 14.5. The molecule has 1 aromatic rings. The minimum absolute atomic E-state index is 0.377. The molecule has 0 aliphatic carbocycles. The predicted octanol–water partition coefficient (Wildman–Crippen LogP) is 2.52. The third-order valence-electron chi connectivity index (χ3n) is 3.00. The normalized spacial score (nSPS) is 20.4. The average Bonchev–Trinajstić information content (AvgIpc) is 2.88. The molecule has 1 fully saturated rings. The molecule has 0 spiro atoms. The van der Waals surface area contributed by atoms with Gasteiger partial charge in [-0.15, -0.1) is 11.3 Å². The van der Waals surface area contributed by atoms with Gasteiger partial charge in [0, 0.05) is 24.6 Å². The van der Waals surface area contributed by atoms with Crippen molar-refractivity contribution in [3.05, 3.63) is 14.7 Å². The molecule has 1 saturated heterocycles. The molecule has 1 atom stereocenters. The Hall–Kier alpha value is 0.0500. The molecule has 0 aromatic carbocycles. The monoisotopic (exact) mass is 353 g/mol. The maximum absolute atomic E-state index is 12.1. The Kier molecular flexibility index (Phi) is 4.82. The van der Waals surface area contributed by atoms with Gasteiger partial charge in [-0.2, -0.15) is 0 Å². The van der Waals surface area contributed by atoms with Crippen LogP contribution in [0.1, 0.15) is 17.7 Å². The number of sulfonamides is 1. The largest absolute Gasteiger partial charge is 0.381 e. The number of hydrogen-bond acceptors (Lipinski definition) is 4. The predicted molar refractivity (Wildman–Crippen MR) is 75.5 cm³/mol. The van der Waals surface area contributed by atoms with Crippen molar-refractivity contribution in [2.24, 2.45) is 5.92 Å². The number of ether oxygens (including phenoxy) is 1. The SMILES string of the molecule is Cc1sc(Br)cc1S(=O)(=O)NCCC1CCOC1. The van der Waals surface area contributed by atoms with Crippen LogP contribution in [0.15, 0.2) is 14.7 Å². The van der Waals surface area contributed by atoms with Crippen LogP contribution in [0.3, 0.4) is 0 Å². The van der Waals surface area contributed by atoms with Gasteiger partial charge < -0.3 is 4.74 Å². The quantitative estimate of drug-likeness (QED) is 0.884. The van der Waals surface area contributed by atoms with E-state index in [9.17, 15) is 8.42 Å². The Morgan fingerprint density at radius 1 is 1.61 bits per heavy atom. The molecule has 0 amide bonds. The zero-order valence-corrected chi connectivity index (χ0v) is 13.3. The number of hydrogen-bond donors (Lipinski definition) is 1. The zero-order valence-electron chi connectivity index (χ0n) is 10.1. The molecule has 0 bridgehead atoms. The average molecular weight is 354 g/mol. The Bertz CT molecular complexity index is 506. The van der Waals surface area contributed by atoms with E-state index in [1.54, 1.807) is 6.07 Å². The summed E-state index contributed by atoms with van der Waals surface area (Å²) >= 11 is 4.74. The van der Waals surface area contributed by atoms with Crippen molar-refractivity contribution in [2.45, 2.75) is 24.7 Å². The highest BCUT2D eigenvalue weighted by molar-refractivity contribution is 9.11. The summed E-state index contributed by atoms with van der Waals surface area (Å²) in [5, 5.41) is 0. The fourth-order valence-electron chi connectivity index (χ4n) is 1.98. The van der Waals surface area contributed by atoms with E-state index in [-0.39, 0.29) is 0 Å². The van der Waals surface area contributed by atoms with Crippen molar-refractivity contribution < 1.29 is 13.2 Å². The van der Waals surface area contributed by atoms with Gasteiger partial charge in [0.15, 0.2) is 0 Å². The van der Waals surface area contributed by atoms with E-state index in [0.29, 0.717) is 17.4 Å². The maximum atomic E-state index is 12.1. The summed E-state index contributed by atoms with van der Waals surface area (Å²) in [6.07, 6.45) is 1.87. The van der Waals surface area contributed by atoms with E-state index in [4.69, 9.17) is 4.74 Å². The number of halogens is 1. The van der Waals surface area contributed by atoms with E-state index < -0.39 is 10.0 Å². The summed E-state index contributed by atoms with van der Waals surface area (Å²) in [4.78, 5) is 1.18. The first-order valence-corrected chi connectivity index (χ1v) is 8.91. The Morgan fingerprint density at radius 3 is 2.94 bits per heavy atom. The van der Waals surface area contributed by atoms with Crippen LogP contribution in [0.4, 0.5) is 0 Å². The van der Waals surface area contributed by atoms with E-state index in [1.807, 2.05) is 6.92 Å². The molecule has 1 aliphatic heterocycles. The lowest BCUT2D eigenvalue weighted by atomic mass is 10.1. The molecule has 0 radical (unpaired) electrons. The zero-order chi connectivity index (χ0) is 13.2. The summed E-state index contributed by atoms with van der Waals surface area (Å²) in [5.74, 6) is 0.489. The third kappa shape index (κ3) is 3.54. The third-order valence-corrected chi connectivity index (χ3v) is 6.27. The first-order chi connectivity index (χ1) is 8.49. The van der Waals surface area contributed by atoms with E-state index in [0.717, 1.165) is 34.7 Å². The lowest BCUT2D eigenvalue weighted by molar-refractivity contribution is 0.184. The van der Waals surface area contributed by atoms with Crippen LogP contribution in [0, 0.1) is 12.8 Å². The Labute approximate surface area is 120 Å². The first-order valence-electron chi connectivity index (χ1n) is 5.82. The van der Waals surface area contributed by atoms with Gasteiger partial charge in [0.1, 0.15) is 0 Å². The summed E-state index contributed by atoms with van der Waals surface area (Å²) < 4.78 is 32.9. The summed E-state index contributed by atoms with van der Waals surface area (Å²) in [7, 11) is -3.37. The summed E-state index contributed by atoms with van der Waals surface area (Å²) in [5.41, 5.74) is 0. The van der Waals surface area contributed by atoms with Crippen LogP contribution >= 0.6 is 27.3 Å². The topological polar surface area (TPSA) is 55.4 Å². The molecular formula is C11H16BrNO3S2. The fourth-order valence-corrected chi connectivity index (χ4v) is 5.44. The number of rotatable bonds is 5. The molecule has 1 unspecified atom stereocenters. The molecule has 1 aliphatic rings. The second-order valence-corrected chi connectivity index (χ2v) is 8.76. The smallest absolute Gasteiger partial charge is 0.241 e. The standard InChI is InChI=1S/C11H16BrNO3S2/c1-8-10(6-11(12)17-8)18(14,15)13-4-2-9-3-5-16-7-9/h6,9,13H,2-5,7H2,1H3. The van der Waals surface area contributed by atoms with Gasteiger partial charge >= 0.3 is 0 Å². The molecule has 7 heteroatoms. The number of aryl methyl sites for hydroxylation is 1. The molecule has 0 saturated carbocycles. The molecule has 18 heavy (non-hydrogen) atoms. The van der Waals surface area contributed by atoms with Gasteiger partial charge in [0.05, 0.1) is 8.68 Å². The Balaban J connectivity index is 1.93. The molecule has 4 nitrogen and oxygen atoms in total. The van der Waals surface area contributed by atoms with Gasteiger partial charge in [-0.25, -0.2) is 13.1 Å². The van der Waals surface area contributed by atoms with Gasteiger partial charge in [-0.1, -0.05) is 0 Å². The van der Waals surface area contributed by atoms with Crippen LogP contribution in [-0.2, 0) is 14.8 Å². The van der Waals surface area contributed by atoms with Crippen molar-refractivity contribution in [1.82, 2.24) is 4.72 Å². The Morgan fingerprint density at radius 2 is 2.39 bits per heavy atom. The molecule has 102 valence electrons. The van der Waals surface area contributed by atoms with Gasteiger partial charge in [0.25, 0.3) is 0 Å². The maximum Gasteiger partial charge on any atom is 0.241 e. The van der Waals surface area contributed by atoms with Gasteiger partial charge in [-0.3, -0.25) is 0 Å². The number of nitrogens with one attached hydrogen (secondary N) is 1. The molecule has 2 rings (SSSR count). The molecule has 2 heterocycles. The van der Waals surface area contributed by atoms with Gasteiger partial charge in [0.2, 0.25) is 10.0 Å². The minimum atomic E-state index is -3.37. The number of thiophene rings is 1. The van der Waals surface area contributed by atoms with Crippen LogP contribution in [0.5, 0.6) is 0 Å². The lowest BCUT2D eigenvalue weighted by Crippen LogP contribution is -2.26. The minimum Gasteiger partial charge on any atom is -0.381 e. The van der Waals surface area contributed by atoms with Crippen LogP contribution in [0.25, 0.3) is 0 Å². The van der Waals surface area contributed by atoms with E-state index >= 15 is 0 Å². The van der Waals surface area contributed by atoms with E-state index in [2.05, 4.69) is 20.7 Å². The van der Waals surface area contributed by atoms with Crippen LogP contribution in [0.2, 0.25) is 0 Å². The second kappa shape index (κ2) is 6.00. The summed E-state index contributed by atoms with van der Waals surface area (Å²) in [6.45, 7) is 3.84. The van der Waals surface area contributed by atoms with Crippen molar-refractivity contribution in [3.63, 3.8) is 0 Å². The van der Waals surface area contributed by atoms with Crippen molar-refractivity contribution in [2.75, 3.05) is 19.8 Å². The molecule has 1 aromatic heterocycles. The van der Waals surface area contributed by atoms with E-state index in [1.165, 1.54) is 11.3 Å². The highest BCUT2D eigenvalue weighted by Crippen LogP contribution is 2.29. The lowest BCUT2D eigenvalue weighted by Gasteiger charge is -2.09. The fraction of sp³-hybridized carbons (Fsp3) is 0.636. The van der Waals surface area contributed by atoms with Crippen molar-refractivity contribution in [1.29, 1.82) is 0 Å². The molecular weight excluding hydrogens is 338 g/mol. The van der Waals surface area contributed by atoms with Crippen LogP contribution < -0.4 is 4.72 Å². The highest BCUT2D eigenvalue weighted by Gasteiger charge is 2.20. The van der Waals surface area contributed by atoms with Crippen molar-refractivity contribution >= 4 is 37.3 Å². The highest BCUT2D eigenvalue weighted by atomic mass is 79.9.